The van der Waals surface area contributed by atoms with E-state index in [0.717, 1.165) is 18.5 Å². The Labute approximate surface area is 108 Å². The Morgan fingerprint density at radius 3 is 2.72 bits per heavy atom. The van der Waals surface area contributed by atoms with Crippen LogP contribution in [0.2, 0.25) is 0 Å². The molecule has 1 unspecified atom stereocenters. The topological polar surface area (TPSA) is 55.2 Å². The lowest BCUT2D eigenvalue weighted by molar-refractivity contribution is 0.00973. The summed E-state index contributed by atoms with van der Waals surface area (Å²) in [5.74, 6) is 0.556. The summed E-state index contributed by atoms with van der Waals surface area (Å²) in [6, 6.07) is 1.80. The molecule has 4 nitrogen and oxygen atoms in total. The minimum atomic E-state index is -0.336. The molecule has 2 rings (SSSR count). The quantitative estimate of drug-likeness (QED) is 0.891. The number of rotatable bonds is 4. The van der Waals surface area contributed by atoms with E-state index in [9.17, 15) is 5.11 Å². The number of aliphatic hydroxyl groups is 1. The summed E-state index contributed by atoms with van der Waals surface area (Å²) in [6.07, 6.45) is 7.69. The highest BCUT2D eigenvalue weighted by Crippen LogP contribution is 2.39. The zero-order chi connectivity index (χ0) is 13.0. The van der Waals surface area contributed by atoms with Gasteiger partial charge in [0, 0.05) is 12.5 Å². The van der Waals surface area contributed by atoms with E-state index in [1.165, 1.54) is 25.6 Å². The van der Waals surface area contributed by atoms with Gasteiger partial charge < -0.3 is 9.84 Å². The van der Waals surface area contributed by atoms with E-state index < -0.39 is 0 Å². The van der Waals surface area contributed by atoms with Crippen LogP contribution in [-0.4, -0.2) is 28.3 Å². The number of hydrogen-bond acceptors (Lipinski definition) is 4. The average Bonchev–Trinajstić information content (AvgIpc) is 2.40. The summed E-state index contributed by atoms with van der Waals surface area (Å²) in [7, 11) is 1.59. The molecule has 1 heterocycles. The van der Waals surface area contributed by atoms with Crippen molar-refractivity contribution in [2.45, 2.75) is 51.6 Å². The molecule has 1 atom stereocenters. The number of hydrogen-bond donors (Lipinski definition) is 1. The largest absolute Gasteiger partial charge is 0.481 e. The minimum absolute atomic E-state index is 0.0381. The van der Waals surface area contributed by atoms with Gasteiger partial charge in [-0.15, -0.1) is 0 Å². The molecule has 0 saturated heterocycles. The maximum absolute atomic E-state index is 10.4. The maximum atomic E-state index is 10.4. The van der Waals surface area contributed by atoms with Crippen molar-refractivity contribution in [2.75, 3.05) is 7.11 Å². The predicted molar refractivity (Wildman–Crippen MR) is 69.5 cm³/mol. The maximum Gasteiger partial charge on any atom is 0.216 e. The Kier molecular flexibility index (Phi) is 4.17. The number of ether oxygens (including phenoxy) is 1. The van der Waals surface area contributed by atoms with E-state index in [-0.39, 0.29) is 11.5 Å². The van der Waals surface area contributed by atoms with Crippen LogP contribution >= 0.6 is 0 Å². The molecule has 1 aliphatic rings. The highest BCUT2D eigenvalue weighted by atomic mass is 16.5. The standard InChI is InChI=1S/C14H22N2O2/c1-14(6-4-3-5-7-14)12(17)8-11-9-13(18-2)16-10-15-11/h9-10,12,17H,3-8H2,1-2H3. The molecule has 1 aliphatic carbocycles. The molecule has 0 bridgehead atoms. The van der Waals surface area contributed by atoms with Crippen molar-refractivity contribution in [3.8, 4) is 5.88 Å². The Bertz CT molecular complexity index is 389. The van der Waals surface area contributed by atoms with Crippen molar-refractivity contribution in [3.63, 3.8) is 0 Å². The fourth-order valence-corrected chi connectivity index (χ4v) is 2.74. The molecular formula is C14H22N2O2. The van der Waals surface area contributed by atoms with Crippen molar-refractivity contribution >= 4 is 0 Å². The van der Waals surface area contributed by atoms with Gasteiger partial charge in [-0.2, -0.15) is 0 Å². The molecule has 100 valence electrons. The smallest absolute Gasteiger partial charge is 0.216 e. The lowest BCUT2D eigenvalue weighted by atomic mass is 9.71. The summed E-state index contributed by atoms with van der Waals surface area (Å²) < 4.78 is 5.07. The molecule has 1 saturated carbocycles. The third kappa shape index (κ3) is 2.99. The molecule has 1 fully saturated rings. The minimum Gasteiger partial charge on any atom is -0.481 e. The monoisotopic (exact) mass is 250 g/mol. The summed E-state index contributed by atoms with van der Waals surface area (Å²) in [4.78, 5) is 8.18. The summed E-state index contributed by atoms with van der Waals surface area (Å²) in [6.45, 7) is 2.19. The van der Waals surface area contributed by atoms with Crippen molar-refractivity contribution in [2.24, 2.45) is 5.41 Å². The third-order valence-electron chi connectivity index (χ3n) is 4.11. The lowest BCUT2D eigenvalue weighted by Crippen LogP contribution is -2.36. The number of aliphatic hydroxyl groups excluding tert-OH is 1. The molecule has 0 aliphatic heterocycles. The highest BCUT2D eigenvalue weighted by Gasteiger charge is 2.34. The SMILES string of the molecule is COc1cc(CC(O)C2(C)CCCCC2)ncn1. The second kappa shape index (κ2) is 5.65. The zero-order valence-electron chi connectivity index (χ0n) is 11.2. The molecule has 0 amide bonds. The van der Waals surface area contributed by atoms with Crippen LogP contribution in [0.25, 0.3) is 0 Å². The van der Waals surface area contributed by atoms with Gasteiger partial charge in [0.15, 0.2) is 0 Å². The second-order valence-corrected chi connectivity index (χ2v) is 5.49. The van der Waals surface area contributed by atoms with Gasteiger partial charge in [0.1, 0.15) is 6.33 Å². The van der Waals surface area contributed by atoms with Gasteiger partial charge in [-0.05, 0) is 18.3 Å². The molecule has 0 aromatic carbocycles. The molecule has 1 aromatic rings. The van der Waals surface area contributed by atoms with Crippen LogP contribution in [0.5, 0.6) is 5.88 Å². The highest BCUT2D eigenvalue weighted by molar-refractivity contribution is 5.14. The Balaban J connectivity index is 2.03. The van der Waals surface area contributed by atoms with Crippen LogP contribution in [0.4, 0.5) is 0 Å². The van der Waals surface area contributed by atoms with Gasteiger partial charge in [0.2, 0.25) is 5.88 Å². The van der Waals surface area contributed by atoms with E-state index >= 15 is 0 Å². The first-order chi connectivity index (χ1) is 8.64. The number of methoxy groups -OCH3 is 1. The van der Waals surface area contributed by atoms with E-state index in [2.05, 4.69) is 16.9 Å². The van der Waals surface area contributed by atoms with Gasteiger partial charge in [0.05, 0.1) is 18.9 Å². The molecular weight excluding hydrogens is 228 g/mol. The van der Waals surface area contributed by atoms with E-state index in [0.29, 0.717) is 12.3 Å². The molecule has 0 spiro atoms. The van der Waals surface area contributed by atoms with Crippen LogP contribution in [0.1, 0.15) is 44.7 Å². The fraction of sp³-hybridized carbons (Fsp3) is 0.714. The molecule has 1 N–H and O–H groups in total. The Morgan fingerprint density at radius 1 is 1.33 bits per heavy atom. The van der Waals surface area contributed by atoms with Crippen molar-refractivity contribution in [1.82, 2.24) is 9.97 Å². The summed E-state index contributed by atoms with van der Waals surface area (Å²) in [5.41, 5.74) is 0.886. The van der Waals surface area contributed by atoms with Crippen LogP contribution in [0, 0.1) is 5.41 Å². The fourth-order valence-electron chi connectivity index (χ4n) is 2.74. The van der Waals surface area contributed by atoms with E-state index in [1.54, 1.807) is 13.2 Å². The normalized spacial score (nSPS) is 20.4. The van der Waals surface area contributed by atoms with Crippen LogP contribution in [0.15, 0.2) is 12.4 Å². The molecule has 0 radical (unpaired) electrons. The first kappa shape index (κ1) is 13.3. The van der Waals surface area contributed by atoms with Gasteiger partial charge in [-0.25, -0.2) is 9.97 Å². The number of aromatic nitrogens is 2. The average molecular weight is 250 g/mol. The van der Waals surface area contributed by atoms with Crippen molar-refractivity contribution in [3.05, 3.63) is 18.1 Å². The summed E-state index contributed by atoms with van der Waals surface area (Å²) >= 11 is 0. The van der Waals surface area contributed by atoms with Gasteiger partial charge in [-0.3, -0.25) is 0 Å². The van der Waals surface area contributed by atoms with E-state index in [1.807, 2.05) is 0 Å². The van der Waals surface area contributed by atoms with Gasteiger partial charge >= 0.3 is 0 Å². The van der Waals surface area contributed by atoms with E-state index in [4.69, 9.17) is 4.74 Å². The van der Waals surface area contributed by atoms with Crippen LogP contribution < -0.4 is 4.74 Å². The molecule has 4 heteroatoms. The van der Waals surface area contributed by atoms with Crippen molar-refractivity contribution < 1.29 is 9.84 Å². The first-order valence-electron chi connectivity index (χ1n) is 6.67. The van der Waals surface area contributed by atoms with Crippen LogP contribution in [-0.2, 0) is 6.42 Å². The Hall–Kier alpha value is -1.16. The van der Waals surface area contributed by atoms with Crippen molar-refractivity contribution in [1.29, 1.82) is 0 Å². The van der Waals surface area contributed by atoms with Crippen LogP contribution in [0.3, 0.4) is 0 Å². The molecule has 1 aromatic heterocycles. The zero-order valence-corrected chi connectivity index (χ0v) is 11.2. The lowest BCUT2D eigenvalue weighted by Gasteiger charge is -2.37. The third-order valence-corrected chi connectivity index (χ3v) is 4.11. The molecule has 18 heavy (non-hydrogen) atoms. The van der Waals surface area contributed by atoms with Gasteiger partial charge in [0.25, 0.3) is 0 Å². The first-order valence-corrected chi connectivity index (χ1v) is 6.67. The van der Waals surface area contributed by atoms with Gasteiger partial charge in [-0.1, -0.05) is 26.2 Å². The predicted octanol–water partition coefficient (Wildman–Crippen LogP) is 2.36. The number of nitrogens with zero attached hydrogens (tertiary/aromatic N) is 2. The summed E-state index contributed by atoms with van der Waals surface area (Å²) in [5, 5.41) is 10.4. The second-order valence-electron chi connectivity index (χ2n) is 5.49. The Morgan fingerprint density at radius 2 is 2.06 bits per heavy atom.